The summed E-state index contributed by atoms with van der Waals surface area (Å²) in [5.74, 6) is 0.826. The van der Waals surface area contributed by atoms with Crippen molar-refractivity contribution in [2.75, 3.05) is 19.8 Å². The Balaban J connectivity index is 2.69. The minimum absolute atomic E-state index is 0.448. The van der Waals surface area contributed by atoms with E-state index in [4.69, 9.17) is 15.2 Å². The number of hydrogen-bond acceptors (Lipinski definition) is 4. The average molecular weight is 224 g/mol. The Labute approximate surface area is 96.8 Å². The highest BCUT2D eigenvalue weighted by atomic mass is 16.5. The summed E-state index contributed by atoms with van der Waals surface area (Å²) >= 11 is 0. The van der Waals surface area contributed by atoms with Crippen LogP contribution in [0, 0.1) is 13.8 Å². The van der Waals surface area contributed by atoms with Crippen LogP contribution in [-0.4, -0.2) is 24.8 Å². The van der Waals surface area contributed by atoms with Crippen LogP contribution in [0.3, 0.4) is 0 Å². The van der Waals surface area contributed by atoms with Crippen LogP contribution in [0.15, 0.2) is 6.07 Å². The van der Waals surface area contributed by atoms with Gasteiger partial charge in [-0.3, -0.25) is 4.98 Å². The number of ether oxygens (including phenoxy) is 2. The van der Waals surface area contributed by atoms with E-state index in [0.29, 0.717) is 26.4 Å². The lowest BCUT2D eigenvalue weighted by Gasteiger charge is -2.13. The first-order valence-corrected chi connectivity index (χ1v) is 5.56. The van der Waals surface area contributed by atoms with Gasteiger partial charge in [-0.1, -0.05) is 0 Å². The molecule has 4 nitrogen and oxygen atoms in total. The summed E-state index contributed by atoms with van der Waals surface area (Å²) in [6.45, 7) is 8.16. The van der Waals surface area contributed by atoms with Crippen LogP contribution >= 0.6 is 0 Å². The summed E-state index contributed by atoms with van der Waals surface area (Å²) in [4.78, 5) is 4.36. The normalized spacial score (nSPS) is 10.5. The van der Waals surface area contributed by atoms with Crippen LogP contribution in [0.25, 0.3) is 0 Å². The molecule has 0 aromatic carbocycles. The standard InChI is InChI=1S/C12H20N2O2/c1-4-15-5-6-16-12-7-9(2)14-10(3)11(12)8-13/h7H,4-6,8,13H2,1-3H3. The molecule has 2 N–H and O–H groups in total. The molecule has 1 aromatic rings. The lowest BCUT2D eigenvalue weighted by atomic mass is 10.1. The number of rotatable bonds is 6. The van der Waals surface area contributed by atoms with Crippen LogP contribution < -0.4 is 10.5 Å². The van der Waals surface area contributed by atoms with Gasteiger partial charge >= 0.3 is 0 Å². The van der Waals surface area contributed by atoms with Gasteiger partial charge in [-0.2, -0.15) is 0 Å². The molecule has 0 aliphatic heterocycles. The summed E-state index contributed by atoms with van der Waals surface area (Å²) in [5.41, 5.74) is 8.54. The molecule has 1 rings (SSSR count). The second-order valence-electron chi connectivity index (χ2n) is 3.58. The van der Waals surface area contributed by atoms with Crippen molar-refractivity contribution in [1.29, 1.82) is 0 Å². The van der Waals surface area contributed by atoms with Gasteiger partial charge in [0.15, 0.2) is 0 Å². The zero-order chi connectivity index (χ0) is 12.0. The van der Waals surface area contributed by atoms with Gasteiger partial charge in [0.1, 0.15) is 12.4 Å². The average Bonchev–Trinajstić information content (AvgIpc) is 2.24. The summed E-state index contributed by atoms with van der Waals surface area (Å²) < 4.78 is 10.9. The molecule has 0 aliphatic carbocycles. The summed E-state index contributed by atoms with van der Waals surface area (Å²) in [5, 5.41) is 0. The molecule has 0 saturated carbocycles. The van der Waals surface area contributed by atoms with E-state index in [1.54, 1.807) is 0 Å². The molecule has 0 atom stereocenters. The number of nitrogens with two attached hydrogens (primary N) is 1. The van der Waals surface area contributed by atoms with Gasteiger partial charge in [0, 0.05) is 36.2 Å². The molecular formula is C12H20N2O2. The Morgan fingerprint density at radius 3 is 2.69 bits per heavy atom. The highest BCUT2D eigenvalue weighted by Crippen LogP contribution is 2.21. The van der Waals surface area contributed by atoms with Crippen molar-refractivity contribution in [2.45, 2.75) is 27.3 Å². The molecular weight excluding hydrogens is 204 g/mol. The molecule has 0 aliphatic rings. The van der Waals surface area contributed by atoms with Gasteiger partial charge in [0.2, 0.25) is 0 Å². The summed E-state index contributed by atoms with van der Waals surface area (Å²) in [7, 11) is 0. The molecule has 90 valence electrons. The molecule has 0 radical (unpaired) electrons. The van der Waals surface area contributed by atoms with Crippen LogP contribution in [0.2, 0.25) is 0 Å². The molecule has 1 heterocycles. The fraction of sp³-hybridized carbons (Fsp3) is 0.583. The Morgan fingerprint density at radius 1 is 1.31 bits per heavy atom. The maximum atomic E-state index is 5.68. The fourth-order valence-corrected chi connectivity index (χ4v) is 1.55. The lowest BCUT2D eigenvalue weighted by Crippen LogP contribution is -2.11. The Morgan fingerprint density at radius 2 is 2.06 bits per heavy atom. The van der Waals surface area contributed by atoms with Gasteiger partial charge in [0.25, 0.3) is 0 Å². The van der Waals surface area contributed by atoms with E-state index in [2.05, 4.69) is 4.98 Å². The molecule has 4 heteroatoms. The molecule has 0 fully saturated rings. The maximum Gasteiger partial charge on any atom is 0.127 e. The summed E-state index contributed by atoms with van der Waals surface area (Å²) in [6.07, 6.45) is 0. The second kappa shape index (κ2) is 6.45. The fourth-order valence-electron chi connectivity index (χ4n) is 1.55. The predicted octanol–water partition coefficient (Wildman–Crippen LogP) is 1.57. The van der Waals surface area contributed by atoms with Crippen LogP contribution in [0.1, 0.15) is 23.9 Å². The van der Waals surface area contributed by atoms with Crippen molar-refractivity contribution >= 4 is 0 Å². The van der Waals surface area contributed by atoms with Crippen molar-refractivity contribution in [3.05, 3.63) is 23.0 Å². The van der Waals surface area contributed by atoms with Gasteiger partial charge in [-0.25, -0.2) is 0 Å². The zero-order valence-electron chi connectivity index (χ0n) is 10.2. The zero-order valence-corrected chi connectivity index (χ0v) is 10.2. The van der Waals surface area contributed by atoms with Gasteiger partial charge in [-0.05, 0) is 20.8 Å². The molecule has 0 unspecified atom stereocenters. The number of hydrogen-bond donors (Lipinski definition) is 1. The van der Waals surface area contributed by atoms with Crippen molar-refractivity contribution in [3.63, 3.8) is 0 Å². The van der Waals surface area contributed by atoms with Crippen molar-refractivity contribution in [3.8, 4) is 5.75 Å². The van der Waals surface area contributed by atoms with Gasteiger partial charge < -0.3 is 15.2 Å². The first kappa shape index (κ1) is 12.9. The summed E-state index contributed by atoms with van der Waals surface area (Å²) in [6, 6.07) is 1.92. The number of aryl methyl sites for hydroxylation is 2. The van der Waals surface area contributed by atoms with E-state index in [0.717, 1.165) is 22.7 Å². The Kier molecular flexibility index (Phi) is 5.22. The van der Waals surface area contributed by atoms with Gasteiger partial charge in [-0.15, -0.1) is 0 Å². The number of aromatic nitrogens is 1. The molecule has 1 aromatic heterocycles. The molecule has 0 bridgehead atoms. The van der Waals surface area contributed by atoms with Crippen molar-refractivity contribution in [2.24, 2.45) is 5.73 Å². The molecule has 16 heavy (non-hydrogen) atoms. The third kappa shape index (κ3) is 3.47. The van der Waals surface area contributed by atoms with Gasteiger partial charge in [0.05, 0.1) is 6.61 Å². The first-order valence-electron chi connectivity index (χ1n) is 5.56. The highest BCUT2D eigenvalue weighted by molar-refractivity contribution is 5.37. The maximum absolute atomic E-state index is 5.68. The van der Waals surface area contributed by atoms with E-state index in [9.17, 15) is 0 Å². The lowest BCUT2D eigenvalue weighted by molar-refractivity contribution is 0.109. The Hall–Kier alpha value is -1.13. The molecule has 0 saturated heterocycles. The topological polar surface area (TPSA) is 57.4 Å². The largest absolute Gasteiger partial charge is 0.491 e. The molecule has 0 spiro atoms. The van der Waals surface area contributed by atoms with E-state index < -0.39 is 0 Å². The van der Waals surface area contributed by atoms with Crippen LogP contribution in [0.4, 0.5) is 0 Å². The highest BCUT2D eigenvalue weighted by Gasteiger charge is 2.07. The van der Waals surface area contributed by atoms with E-state index >= 15 is 0 Å². The third-order valence-electron chi connectivity index (χ3n) is 2.31. The van der Waals surface area contributed by atoms with E-state index in [1.807, 2.05) is 26.8 Å². The van der Waals surface area contributed by atoms with Crippen molar-refractivity contribution in [1.82, 2.24) is 4.98 Å². The predicted molar refractivity (Wildman–Crippen MR) is 63.6 cm³/mol. The Bertz CT molecular complexity index is 340. The number of nitrogens with zero attached hydrogens (tertiary/aromatic N) is 1. The minimum atomic E-state index is 0.448. The third-order valence-corrected chi connectivity index (χ3v) is 2.31. The number of pyridine rings is 1. The van der Waals surface area contributed by atoms with Crippen LogP contribution in [-0.2, 0) is 11.3 Å². The first-order chi connectivity index (χ1) is 7.69. The van der Waals surface area contributed by atoms with E-state index in [1.165, 1.54) is 0 Å². The SMILES string of the molecule is CCOCCOc1cc(C)nc(C)c1CN. The quantitative estimate of drug-likeness (QED) is 0.745. The molecule has 0 amide bonds. The second-order valence-corrected chi connectivity index (χ2v) is 3.58. The van der Waals surface area contributed by atoms with Crippen LogP contribution in [0.5, 0.6) is 5.75 Å². The minimum Gasteiger partial charge on any atom is -0.491 e. The monoisotopic (exact) mass is 224 g/mol. The van der Waals surface area contributed by atoms with Crippen molar-refractivity contribution < 1.29 is 9.47 Å². The van der Waals surface area contributed by atoms with E-state index in [-0.39, 0.29) is 0 Å². The smallest absolute Gasteiger partial charge is 0.127 e.